The fourth-order valence-electron chi connectivity index (χ4n) is 4.91. The van der Waals surface area contributed by atoms with Crippen LogP contribution in [-0.2, 0) is 4.79 Å². The summed E-state index contributed by atoms with van der Waals surface area (Å²) in [5, 5.41) is 9.87. The topological polar surface area (TPSA) is 64.4 Å². The first-order chi connectivity index (χ1) is 14.3. The van der Waals surface area contributed by atoms with Crippen LogP contribution in [0.4, 0.5) is 0 Å². The summed E-state index contributed by atoms with van der Waals surface area (Å²) in [4.78, 5) is 29.9. The van der Waals surface area contributed by atoms with Gasteiger partial charge in [0.25, 0.3) is 0 Å². The Morgan fingerprint density at radius 2 is 1.70 bits per heavy atom. The van der Waals surface area contributed by atoms with Gasteiger partial charge in [0.1, 0.15) is 5.54 Å². The molecular formula is C25H35N3O2. The summed E-state index contributed by atoms with van der Waals surface area (Å²) in [6.45, 7) is 7.65. The Balaban J connectivity index is 1.58. The summed E-state index contributed by atoms with van der Waals surface area (Å²) in [6.07, 6.45) is 5.04. The molecule has 162 valence electrons. The molecule has 1 saturated heterocycles. The second kappa shape index (κ2) is 9.31. The first kappa shape index (κ1) is 22.5. The summed E-state index contributed by atoms with van der Waals surface area (Å²) in [7, 11) is 1.80. The molecule has 30 heavy (non-hydrogen) atoms. The van der Waals surface area contributed by atoms with Gasteiger partial charge >= 0.3 is 0 Å². The highest BCUT2D eigenvalue weighted by Gasteiger charge is 2.42. The van der Waals surface area contributed by atoms with Crippen LogP contribution in [0.3, 0.4) is 0 Å². The van der Waals surface area contributed by atoms with Crippen molar-refractivity contribution < 1.29 is 9.59 Å². The number of likely N-dealkylation sites (tertiary alicyclic amines) is 1. The zero-order valence-corrected chi connectivity index (χ0v) is 18.9. The first-order valence-electron chi connectivity index (χ1n) is 11.3. The van der Waals surface area contributed by atoms with E-state index in [1.54, 1.807) is 11.9 Å². The van der Waals surface area contributed by atoms with Gasteiger partial charge in [0.05, 0.1) is 12.1 Å². The summed E-state index contributed by atoms with van der Waals surface area (Å²) in [5.41, 5.74) is 1.27. The molecule has 0 aromatic heterocycles. The molecule has 1 aliphatic heterocycles. The molecule has 3 rings (SSSR count). The first-order valence-corrected chi connectivity index (χ1v) is 11.3. The van der Waals surface area contributed by atoms with Crippen molar-refractivity contribution in [1.82, 2.24) is 9.80 Å². The van der Waals surface area contributed by atoms with Gasteiger partial charge in [-0.15, -0.1) is 0 Å². The predicted octanol–water partition coefficient (Wildman–Crippen LogP) is 4.21. The third kappa shape index (κ3) is 4.59. The number of likely N-dealkylation sites (N-methyl/N-ethyl adjacent to an activating group) is 1. The van der Waals surface area contributed by atoms with E-state index < -0.39 is 5.54 Å². The number of hydrogen-bond acceptors (Lipinski definition) is 4. The standard InChI is InChI=1S/C25H35N3O2/c1-18-5-7-21(8-6-18)23(29)22-11-15-28(16-12-22)20(3)24(30)27(4)25(17-26)13-9-19(2)10-14-25/h5-8,19-20,22H,9-16H2,1-4H3. The Kier molecular flexibility index (Phi) is 6.98. The van der Waals surface area contributed by atoms with Gasteiger partial charge in [0.2, 0.25) is 5.91 Å². The second-order valence-electron chi connectivity index (χ2n) is 9.44. The van der Waals surface area contributed by atoms with Crippen LogP contribution in [0.5, 0.6) is 0 Å². The monoisotopic (exact) mass is 409 g/mol. The summed E-state index contributed by atoms with van der Waals surface area (Å²) in [5.74, 6) is 0.881. The molecule has 5 nitrogen and oxygen atoms in total. The van der Waals surface area contributed by atoms with Gasteiger partial charge < -0.3 is 4.90 Å². The molecule has 1 atom stereocenters. The largest absolute Gasteiger partial charge is 0.326 e. The average molecular weight is 410 g/mol. The van der Waals surface area contributed by atoms with E-state index in [0.29, 0.717) is 5.92 Å². The fraction of sp³-hybridized carbons (Fsp3) is 0.640. The van der Waals surface area contributed by atoms with E-state index in [9.17, 15) is 14.9 Å². The van der Waals surface area contributed by atoms with E-state index in [0.717, 1.165) is 62.7 Å². The SMILES string of the molecule is Cc1ccc(C(=O)C2CCN(C(C)C(=O)N(C)C3(C#N)CCC(C)CC3)CC2)cc1. The molecular weight excluding hydrogens is 374 g/mol. The van der Waals surface area contributed by atoms with Crippen molar-refractivity contribution in [3.05, 3.63) is 35.4 Å². The maximum atomic E-state index is 13.2. The minimum absolute atomic E-state index is 0.0225. The number of nitriles is 1. The minimum atomic E-state index is -0.669. The summed E-state index contributed by atoms with van der Waals surface area (Å²) >= 11 is 0. The number of Topliss-reactive ketones (excluding diaryl/α,β-unsaturated/α-hetero) is 1. The Bertz CT molecular complexity index is 795. The number of aryl methyl sites for hydroxylation is 1. The normalized spacial score (nSPS) is 26.6. The van der Waals surface area contributed by atoms with E-state index >= 15 is 0 Å². The number of hydrogen-bond donors (Lipinski definition) is 0. The van der Waals surface area contributed by atoms with Crippen molar-refractivity contribution in [2.45, 2.75) is 70.9 Å². The molecule has 1 saturated carbocycles. The fourth-order valence-corrected chi connectivity index (χ4v) is 4.91. The lowest BCUT2D eigenvalue weighted by Gasteiger charge is -2.43. The van der Waals surface area contributed by atoms with Crippen LogP contribution in [0.15, 0.2) is 24.3 Å². The summed E-state index contributed by atoms with van der Waals surface area (Å²) in [6, 6.07) is 9.99. The third-order valence-electron chi connectivity index (χ3n) is 7.42. The number of piperidine rings is 1. The van der Waals surface area contributed by atoms with E-state index in [1.807, 2.05) is 38.1 Å². The van der Waals surface area contributed by atoms with Gasteiger partial charge in [-0.25, -0.2) is 0 Å². The van der Waals surface area contributed by atoms with E-state index in [2.05, 4.69) is 17.9 Å². The molecule has 1 aliphatic carbocycles. The molecule has 0 N–H and O–H groups in total. The van der Waals surface area contributed by atoms with Crippen molar-refractivity contribution >= 4 is 11.7 Å². The Morgan fingerprint density at radius 1 is 1.13 bits per heavy atom. The number of amides is 1. The number of ketones is 1. The highest BCUT2D eigenvalue weighted by molar-refractivity contribution is 5.98. The van der Waals surface area contributed by atoms with Crippen LogP contribution in [0.2, 0.25) is 0 Å². The maximum Gasteiger partial charge on any atom is 0.240 e. The second-order valence-corrected chi connectivity index (χ2v) is 9.44. The number of nitrogens with zero attached hydrogens (tertiary/aromatic N) is 3. The smallest absolute Gasteiger partial charge is 0.240 e. The average Bonchev–Trinajstić information content (AvgIpc) is 2.78. The Hall–Kier alpha value is -2.19. The van der Waals surface area contributed by atoms with Crippen molar-refractivity contribution in [2.24, 2.45) is 11.8 Å². The molecule has 1 heterocycles. The van der Waals surface area contributed by atoms with E-state index in [1.165, 1.54) is 0 Å². The highest BCUT2D eigenvalue weighted by atomic mass is 16.2. The molecule has 2 fully saturated rings. The van der Waals surface area contributed by atoms with Crippen molar-refractivity contribution in [3.63, 3.8) is 0 Å². The molecule has 0 spiro atoms. The zero-order chi connectivity index (χ0) is 21.9. The molecule has 0 radical (unpaired) electrons. The number of carbonyl (C=O) groups is 2. The third-order valence-corrected chi connectivity index (χ3v) is 7.42. The lowest BCUT2D eigenvalue weighted by Crippen LogP contribution is -2.57. The number of rotatable bonds is 5. The quantitative estimate of drug-likeness (QED) is 0.684. The van der Waals surface area contributed by atoms with Gasteiger partial charge in [-0.1, -0.05) is 36.8 Å². The zero-order valence-electron chi connectivity index (χ0n) is 18.9. The summed E-state index contributed by atoms with van der Waals surface area (Å²) < 4.78 is 0. The van der Waals surface area contributed by atoms with Crippen molar-refractivity contribution in [3.8, 4) is 6.07 Å². The molecule has 5 heteroatoms. The van der Waals surface area contributed by atoms with Gasteiger partial charge in [0.15, 0.2) is 5.78 Å². The van der Waals surface area contributed by atoms with Crippen LogP contribution < -0.4 is 0 Å². The van der Waals surface area contributed by atoms with Gasteiger partial charge in [-0.3, -0.25) is 14.5 Å². The highest BCUT2D eigenvalue weighted by Crippen LogP contribution is 2.36. The van der Waals surface area contributed by atoms with Gasteiger partial charge in [-0.05, 0) is 71.4 Å². The molecule has 1 aromatic rings. The lowest BCUT2D eigenvalue weighted by atomic mass is 9.77. The number of carbonyl (C=O) groups excluding carboxylic acids is 2. The Labute approximate surface area is 181 Å². The van der Waals surface area contributed by atoms with Crippen LogP contribution in [0.25, 0.3) is 0 Å². The predicted molar refractivity (Wildman–Crippen MR) is 118 cm³/mol. The van der Waals surface area contributed by atoms with Gasteiger partial charge in [-0.2, -0.15) is 5.26 Å². The van der Waals surface area contributed by atoms with Crippen molar-refractivity contribution in [1.29, 1.82) is 5.26 Å². The molecule has 1 unspecified atom stereocenters. The molecule has 1 amide bonds. The van der Waals surface area contributed by atoms with Gasteiger partial charge in [0, 0.05) is 18.5 Å². The molecule has 0 bridgehead atoms. The van der Waals surface area contributed by atoms with Crippen LogP contribution in [0, 0.1) is 30.1 Å². The Morgan fingerprint density at radius 3 is 2.23 bits per heavy atom. The van der Waals surface area contributed by atoms with Crippen LogP contribution in [-0.4, -0.2) is 53.2 Å². The van der Waals surface area contributed by atoms with E-state index in [4.69, 9.17) is 0 Å². The molecule has 2 aliphatic rings. The minimum Gasteiger partial charge on any atom is -0.326 e. The van der Waals surface area contributed by atoms with Crippen LogP contribution >= 0.6 is 0 Å². The van der Waals surface area contributed by atoms with Crippen LogP contribution in [0.1, 0.15) is 68.3 Å². The van der Waals surface area contributed by atoms with Crippen molar-refractivity contribution in [2.75, 3.05) is 20.1 Å². The molecule has 1 aromatic carbocycles. The lowest BCUT2D eigenvalue weighted by molar-refractivity contribution is -0.140. The van der Waals surface area contributed by atoms with E-state index in [-0.39, 0.29) is 23.7 Å². The maximum absolute atomic E-state index is 13.2. The number of benzene rings is 1.